The summed E-state index contributed by atoms with van der Waals surface area (Å²) < 4.78 is 64.6. The molecule has 0 aliphatic rings. The van der Waals surface area contributed by atoms with E-state index in [1.165, 1.54) is 0 Å². The second-order valence-electron chi connectivity index (χ2n) is 2.32. The molecule has 0 amide bonds. The van der Waals surface area contributed by atoms with Crippen LogP contribution in [-0.4, -0.2) is 55.7 Å². The van der Waals surface area contributed by atoms with E-state index in [-0.39, 0.29) is 0 Å². The number of carboxylic acids is 1. The van der Waals surface area contributed by atoms with E-state index in [0.29, 0.717) is 0 Å². The lowest BCUT2D eigenvalue weighted by molar-refractivity contribution is -0.873. The molecule has 4 heteroatoms. The van der Waals surface area contributed by atoms with Gasteiger partial charge in [-0.15, -0.1) is 0 Å². The summed E-state index contributed by atoms with van der Waals surface area (Å²) in [6.45, 7) is -6.41. The second-order valence-corrected chi connectivity index (χ2v) is 2.32. The largest absolute Gasteiger partial charge is 0.481 e. The Kier molecular flexibility index (Phi) is 0.908. The van der Waals surface area contributed by atoms with Gasteiger partial charge in [-0.3, -0.25) is 4.79 Å². The summed E-state index contributed by atoms with van der Waals surface area (Å²) in [5.41, 5.74) is 0. The Balaban J connectivity index is 6.20. The van der Waals surface area contributed by atoms with Gasteiger partial charge < -0.3 is 14.7 Å². The first kappa shape index (κ1) is 2.71. The first-order chi connectivity index (χ1) is 8.50. The number of rotatable bonds is 5. The lowest BCUT2D eigenvalue weighted by atomic mass is 10.2. The minimum Gasteiger partial charge on any atom is -0.481 e. The number of carboxylic acid groups (broad SMARTS) is 1. The number of aliphatic carboxylic acids is 1. The quantitative estimate of drug-likeness (QED) is 0.550. The van der Waals surface area contributed by atoms with E-state index >= 15 is 0 Å². The van der Waals surface area contributed by atoms with E-state index in [9.17, 15) is 4.79 Å². The third-order valence-electron chi connectivity index (χ3n) is 0.602. The molecular weight excluding hydrogens is 146 g/mol. The third kappa shape index (κ3) is 7.29. The van der Waals surface area contributed by atoms with Crippen molar-refractivity contribution in [2.45, 2.75) is 12.5 Å². The van der Waals surface area contributed by atoms with Crippen molar-refractivity contribution < 1.29 is 30.5 Å². The maximum atomic E-state index is 10.9. The molecular formula is C7H16NO3+. The van der Waals surface area contributed by atoms with Crippen molar-refractivity contribution in [3.05, 3.63) is 0 Å². The number of likely N-dealkylation sites (N-methyl/N-ethyl adjacent to an activating group) is 1. The van der Waals surface area contributed by atoms with Gasteiger partial charge in [-0.2, -0.15) is 0 Å². The molecule has 0 unspecified atom stereocenters. The minimum absolute atomic E-state index is 0.827. The molecule has 0 saturated heterocycles. The minimum atomic E-state index is -3.65. The van der Waals surface area contributed by atoms with E-state index in [4.69, 9.17) is 17.5 Å². The van der Waals surface area contributed by atoms with Gasteiger partial charge in [-0.25, -0.2) is 0 Å². The molecule has 0 spiro atoms. The number of hydrogen-bond donors (Lipinski definition) is 2. The molecule has 0 bridgehead atoms. The summed E-state index contributed by atoms with van der Waals surface area (Å²) in [7, 11) is 1.65. The number of aliphatic hydroxyl groups is 1. The predicted octanol–water partition coefficient (Wildman–Crippen LogP) is -0.472. The Morgan fingerprint density at radius 1 is 2.00 bits per heavy atom. The summed E-state index contributed by atoms with van der Waals surface area (Å²) >= 11 is 0. The van der Waals surface area contributed by atoms with Crippen molar-refractivity contribution in [1.82, 2.24) is 0 Å². The Morgan fingerprint density at radius 2 is 2.64 bits per heavy atom. The maximum Gasteiger partial charge on any atom is 0.306 e. The highest BCUT2D eigenvalue weighted by Crippen LogP contribution is 1.98. The maximum absolute atomic E-state index is 10.9. The van der Waals surface area contributed by atoms with E-state index in [1.54, 1.807) is 0 Å². The van der Waals surface area contributed by atoms with Gasteiger partial charge in [-0.1, -0.05) is 0 Å². The average molecular weight is 171 g/mol. The Morgan fingerprint density at radius 3 is 3.00 bits per heavy atom. The first-order valence-corrected chi connectivity index (χ1v) is 2.72. The fourth-order valence-corrected chi connectivity index (χ4v) is 0.379. The van der Waals surface area contributed by atoms with E-state index < -0.39 is 36.4 Å². The molecule has 0 radical (unpaired) electrons. The number of carbonyl (C=O) groups is 1. The molecule has 0 aliphatic carbocycles. The highest BCUT2D eigenvalue weighted by atomic mass is 16.4. The number of nitrogens with zero attached hydrogens (tertiary/aromatic N) is 1. The first-order valence-electron chi connectivity index (χ1n) is 7.13. The van der Waals surface area contributed by atoms with Crippen LogP contribution in [0.25, 0.3) is 0 Å². The Bertz CT molecular complexity index is 393. The van der Waals surface area contributed by atoms with Crippen molar-refractivity contribution in [3.8, 4) is 0 Å². The van der Waals surface area contributed by atoms with Gasteiger partial charge in [-0.05, 0) is 0 Å². The molecule has 0 aromatic carbocycles. The van der Waals surface area contributed by atoms with Crippen LogP contribution < -0.4 is 0 Å². The normalized spacial score (nSPS) is 33.1. The van der Waals surface area contributed by atoms with Crippen LogP contribution in [0.4, 0.5) is 0 Å². The van der Waals surface area contributed by atoms with Gasteiger partial charge in [0.25, 0.3) is 0 Å². The van der Waals surface area contributed by atoms with Gasteiger partial charge in [0.2, 0.25) is 1.43 Å². The van der Waals surface area contributed by atoms with Crippen LogP contribution in [-0.2, 0) is 4.79 Å². The molecule has 0 aliphatic heterocycles. The lowest BCUT2D eigenvalue weighted by Crippen LogP contribution is -2.42. The molecule has 0 heterocycles. The van der Waals surface area contributed by atoms with Crippen LogP contribution >= 0.6 is 0 Å². The van der Waals surface area contributed by atoms with E-state index in [1.807, 2.05) is 0 Å². The molecule has 1 atom stereocenters. The second kappa shape index (κ2) is 3.69. The van der Waals surface area contributed by atoms with Crippen LogP contribution in [0.3, 0.4) is 0 Å². The topological polar surface area (TPSA) is 57.5 Å². The van der Waals surface area contributed by atoms with Crippen LogP contribution in [0.1, 0.15) is 17.3 Å². The lowest BCUT2D eigenvalue weighted by Gasteiger charge is -2.25. The van der Waals surface area contributed by atoms with Crippen LogP contribution in [0, 0.1) is 0 Å². The van der Waals surface area contributed by atoms with Gasteiger partial charge in [0.1, 0.15) is 12.6 Å². The van der Waals surface area contributed by atoms with Crippen molar-refractivity contribution in [2.75, 3.05) is 27.6 Å². The molecule has 0 fully saturated rings. The smallest absolute Gasteiger partial charge is 0.306 e. The van der Waals surface area contributed by atoms with E-state index in [0.717, 1.165) is 14.1 Å². The Hall–Kier alpha value is -0.610. The summed E-state index contributed by atoms with van der Waals surface area (Å²) in [5, 5.41) is 12.5. The zero-order chi connectivity index (χ0) is 16.8. The average Bonchev–Trinajstić information content (AvgIpc) is 2.25. The van der Waals surface area contributed by atoms with Crippen LogP contribution in [0.2, 0.25) is 0 Å². The summed E-state index contributed by atoms with van der Waals surface area (Å²) in [6, 6.07) is 0. The molecule has 2 N–H and O–H groups in total. The highest BCUT2D eigenvalue weighted by Gasteiger charge is 2.17. The van der Waals surface area contributed by atoms with Crippen molar-refractivity contribution >= 4 is 5.97 Å². The van der Waals surface area contributed by atoms with Crippen LogP contribution in [0.15, 0.2) is 0 Å². The standard InChI is InChI=1S/C7H15NO3/c1-8(2,3)5-6(9)4-7(10)11/h6,9H,4-5H2,1-3H3/p+1/t6-/m0/s1/i1D3,4D2,5D2,6D,9D. The zero-order valence-corrected chi connectivity index (χ0v) is 6.21. The summed E-state index contributed by atoms with van der Waals surface area (Å²) in [6.07, 6.45) is -7.26. The van der Waals surface area contributed by atoms with Crippen molar-refractivity contribution in [3.63, 3.8) is 0 Å². The van der Waals surface area contributed by atoms with Crippen molar-refractivity contribution in [2.24, 2.45) is 0 Å². The number of hydrogen-bond acceptors (Lipinski definition) is 2. The van der Waals surface area contributed by atoms with Gasteiger partial charge >= 0.3 is 5.97 Å². The zero-order valence-electron chi connectivity index (χ0n) is 15.2. The predicted molar refractivity (Wildman–Crippen MR) is 41.2 cm³/mol. The summed E-state index contributed by atoms with van der Waals surface area (Å²) in [4.78, 5) is 10.9. The van der Waals surface area contributed by atoms with Crippen molar-refractivity contribution in [1.29, 1.82) is 1.43 Å². The van der Waals surface area contributed by atoms with Gasteiger partial charge in [0.05, 0.1) is 35.7 Å². The SMILES string of the molecule is [2H]O[C@@]([2H])(C([2H])([2H])C(=O)O)C([2H])([2H])[N+](C)(C)C([2H])([2H])[2H]. The molecule has 0 saturated carbocycles. The molecule has 66 valence electrons. The fourth-order valence-electron chi connectivity index (χ4n) is 0.379. The summed E-state index contributed by atoms with van der Waals surface area (Å²) in [5.74, 6) is -2.24. The monoisotopic (exact) mass is 171 g/mol. The highest BCUT2D eigenvalue weighted by molar-refractivity contribution is 5.67. The number of quaternary nitrogens is 1. The molecule has 0 aromatic heterocycles. The fraction of sp³-hybridized carbons (Fsp3) is 0.857. The molecule has 4 nitrogen and oxygen atoms in total. The van der Waals surface area contributed by atoms with Gasteiger partial charge in [0, 0.05) is 2.74 Å². The van der Waals surface area contributed by atoms with Crippen LogP contribution in [0.5, 0.6) is 0 Å². The molecule has 11 heavy (non-hydrogen) atoms. The van der Waals surface area contributed by atoms with E-state index in [2.05, 4.69) is 5.11 Å². The van der Waals surface area contributed by atoms with Gasteiger partial charge in [0.15, 0.2) is 0 Å². The molecule has 0 aromatic rings. The Labute approximate surface area is 79.4 Å². The molecule has 0 rings (SSSR count). The third-order valence-corrected chi connectivity index (χ3v) is 0.602.